The summed E-state index contributed by atoms with van der Waals surface area (Å²) >= 11 is 0. The fourth-order valence-corrected chi connectivity index (χ4v) is 3.96. The summed E-state index contributed by atoms with van der Waals surface area (Å²) in [7, 11) is -19.8. The van der Waals surface area contributed by atoms with Crippen molar-refractivity contribution in [2.24, 2.45) is 0 Å². The Bertz CT molecular complexity index is 672. The summed E-state index contributed by atoms with van der Waals surface area (Å²) in [6.45, 7) is 21.1. The molecule has 0 aromatic rings. The van der Waals surface area contributed by atoms with Gasteiger partial charge in [-0.25, -0.2) is 74.5 Å². The number of hydrogen-bond acceptors (Lipinski definition) is 34. The van der Waals surface area contributed by atoms with Crippen molar-refractivity contribution in [2.45, 2.75) is 0 Å². The minimum Gasteiger partial charge on any atom is -0.457 e. The molecule has 2 radical (unpaired) electrons. The average Bonchev–Trinajstić information content (AvgIpc) is 3.27. The van der Waals surface area contributed by atoms with E-state index in [1.807, 2.05) is 0 Å². The molecule has 0 atom stereocenters. The van der Waals surface area contributed by atoms with Crippen molar-refractivity contribution in [1.82, 2.24) is 0 Å². The molecule has 0 amide bonds. The van der Waals surface area contributed by atoms with E-state index >= 15 is 0 Å². The smallest absolute Gasteiger partial charge is 0.457 e. The Morgan fingerprint density at radius 2 is 0.146 bits per heavy atom. The first kappa shape index (κ1) is 110. The predicted octanol–water partition coefficient (Wildman–Crippen LogP) is -24.3. The van der Waals surface area contributed by atoms with Crippen LogP contribution in [0.5, 0.6) is 0 Å². The Hall–Kier alpha value is 0.599. The van der Waals surface area contributed by atoms with Gasteiger partial charge >= 0.3 is 34.1 Å². The largest absolute Gasteiger partial charge is 2.00 e. The van der Waals surface area contributed by atoms with Crippen molar-refractivity contribution in [1.29, 1.82) is 0 Å². The fourth-order valence-electron chi connectivity index (χ4n) is 3.96. The van der Waals surface area contributed by atoms with E-state index in [4.69, 9.17) is 160 Å². The molecule has 0 bridgehead atoms. The van der Waals surface area contributed by atoms with E-state index in [0.717, 1.165) is 0 Å². The molecule has 0 aliphatic carbocycles. The monoisotopic (exact) mass is 1430 g/mol. The van der Waals surface area contributed by atoms with Gasteiger partial charge < -0.3 is 118 Å². The van der Waals surface area contributed by atoms with Crippen LogP contribution in [0.2, 0.25) is 0 Å². The zero-order valence-electron chi connectivity index (χ0n) is 44.9. The number of rotatable bonds is 0. The van der Waals surface area contributed by atoms with Gasteiger partial charge in [0.1, 0.15) is 0 Å². The molecule has 518 valence electrons. The molecule has 3 aliphatic heterocycles. The SMILES string of the molecule is C1COCCOCCOCCOCCOCCO1.C1COCCOCCOCCOCCOCCO1.C1COCCOCCOCCOCCOCCO1.[Cu+2].[Cu+2].[O-][Cl+3]([O-])([O-])[O-].[O-][Cl+3]([O-])([O-])[O-].[O-][Cl+3]([O-])([O-])[O-].[O-][Cl+3]([O-])([O-])[O-].[OH3+].[OH3+].[OH3+].[OH3+].[OH3+].[OH3+]. The summed E-state index contributed by atoms with van der Waals surface area (Å²) < 4.78 is 232. The fraction of sp³-hybridized carbons (Fsp3) is 1.00. The van der Waals surface area contributed by atoms with Crippen LogP contribution < -0.4 is 74.5 Å². The van der Waals surface area contributed by atoms with Crippen molar-refractivity contribution in [2.75, 3.05) is 238 Å². The Kier molecular flexibility index (Phi) is 115. The topological polar surface area (TPSA) is 733 Å². The molecule has 3 saturated heterocycles. The van der Waals surface area contributed by atoms with Gasteiger partial charge in [-0.05, 0) is 0 Å². The zero-order valence-corrected chi connectivity index (χ0v) is 49.8. The molecule has 3 heterocycles. The third kappa shape index (κ3) is 171. The summed E-state index contributed by atoms with van der Waals surface area (Å²) in [4.78, 5) is 0. The molecule has 3 rings (SSSR count). The third-order valence-electron chi connectivity index (χ3n) is 6.70. The quantitative estimate of drug-likeness (QED) is 0.160. The van der Waals surface area contributed by atoms with Crippen molar-refractivity contribution in [3.05, 3.63) is 0 Å². The molecule has 18 N–H and O–H groups in total. The van der Waals surface area contributed by atoms with Gasteiger partial charge in [0.2, 0.25) is 0 Å². The zero-order chi connectivity index (χ0) is 56.2. The predicted molar refractivity (Wildman–Crippen MR) is 224 cm³/mol. The molecule has 0 aromatic carbocycles. The van der Waals surface area contributed by atoms with Crippen molar-refractivity contribution >= 4 is 0 Å². The van der Waals surface area contributed by atoms with E-state index in [2.05, 4.69) is 0 Å². The molecule has 0 saturated carbocycles. The Morgan fingerprint density at radius 1 is 0.122 bits per heavy atom. The molecular formula is C36H90Cl4Cu2O40+6. The van der Waals surface area contributed by atoms with Crippen LogP contribution in [0.25, 0.3) is 0 Å². The molecule has 3 fully saturated rings. The van der Waals surface area contributed by atoms with E-state index in [1.54, 1.807) is 0 Å². The molecular weight excluding hydrogens is 1340 g/mol. The van der Waals surface area contributed by atoms with E-state index in [1.165, 1.54) is 0 Å². The Balaban J connectivity index is -0.0000000736. The molecule has 46 heteroatoms. The Labute approximate surface area is 503 Å². The summed E-state index contributed by atoms with van der Waals surface area (Å²) in [6.07, 6.45) is 0. The van der Waals surface area contributed by atoms with E-state index in [-0.39, 0.29) is 67.0 Å². The molecule has 0 aromatic heterocycles. The maximum absolute atomic E-state index is 8.49. The van der Waals surface area contributed by atoms with Crippen molar-refractivity contribution in [3.8, 4) is 0 Å². The van der Waals surface area contributed by atoms with Crippen LogP contribution in [0.1, 0.15) is 0 Å². The molecule has 0 unspecified atom stereocenters. The summed E-state index contributed by atoms with van der Waals surface area (Å²) in [5, 5.41) is 0. The second-order valence-corrected chi connectivity index (χ2v) is 15.6. The van der Waals surface area contributed by atoms with Gasteiger partial charge in [-0.2, -0.15) is 0 Å². The van der Waals surface area contributed by atoms with Gasteiger partial charge in [-0.1, -0.05) is 0 Å². The van der Waals surface area contributed by atoms with Gasteiger partial charge in [-0.15, -0.1) is 41.0 Å². The van der Waals surface area contributed by atoms with Crippen LogP contribution in [0, 0.1) is 41.0 Å². The van der Waals surface area contributed by atoms with Crippen molar-refractivity contribution < 1.29 is 268 Å². The van der Waals surface area contributed by atoms with Crippen LogP contribution in [0.3, 0.4) is 0 Å². The van der Waals surface area contributed by atoms with Gasteiger partial charge in [0, 0.05) is 0 Å². The molecule has 40 nitrogen and oxygen atoms in total. The van der Waals surface area contributed by atoms with Crippen LogP contribution >= 0.6 is 0 Å². The first-order valence-corrected chi connectivity index (χ1v) is 26.8. The number of halogens is 4. The standard InChI is InChI=1S/3C12H24O6.4ClHO4.2Cu.6H2O/c3*1-2-14-5-6-16-9-10-18-12-11-17-8-7-15-4-3-13-1;4*2-1(3,4)5;;;;;;;;/h3*1-12H2;4*(H,2,3,4,5);;;6*1H2/q;;;;;;;2*+2;;;;;;/p+2. The summed E-state index contributed by atoms with van der Waals surface area (Å²) in [5.74, 6) is 0. The van der Waals surface area contributed by atoms with E-state index in [0.29, 0.717) is 238 Å². The minimum absolute atomic E-state index is 0. The van der Waals surface area contributed by atoms with Crippen LogP contribution in [-0.2, 0) is 152 Å². The maximum atomic E-state index is 8.49. The Morgan fingerprint density at radius 3 is 0.171 bits per heavy atom. The first-order valence-electron chi connectivity index (χ1n) is 21.9. The second kappa shape index (κ2) is 85.8. The van der Waals surface area contributed by atoms with Gasteiger partial charge in [0.25, 0.3) is 0 Å². The third-order valence-corrected chi connectivity index (χ3v) is 6.70. The van der Waals surface area contributed by atoms with Crippen LogP contribution in [-0.4, -0.2) is 238 Å². The maximum Gasteiger partial charge on any atom is 2.00 e. The number of ether oxygens (including phenoxy) is 18. The molecule has 0 spiro atoms. The van der Waals surface area contributed by atoms with Gasteiger partial charge in [0.15, 0.2) is 0 Å². The van der Waals surface area contributed by atoms with E-state index in [9.17, 15) is 0 Å². The van der Waals surface area contributed by atoms with E-state index < -0.39 is 41.0 Å². The summed E-state index contributed by atoms with van der Waals surface area (Å²) in [5.41, 5.74) is 0. The minimum atomic E-state index is -4.94. The molecule has 82 heavy (non-hydrogen) atoms. The summed E-state index contributed by atoms with van der Waals surface area (Å²) in [6, 6.07) is 0. The second-order valence-electron chi connectivity index (χ2n) is 12.5. The van der Waals surface area contributed by atoms with Gasteiger partial charge in [0.05, 0.1) is 238 Å². The van der Waals surface area contributed by atoms with Crippen LogP contribution in [0.15, 0.2) is 0 Å². The first-order chi connectivity index (χ1) is 35.0. The molecule has 3 aliphatic rings. The number of hydrogen-bond donors (Lipinski definition) is 0. The van der Waals surface area contributed by atoms with Gasteiger partial charge in [-0.3, -0.25) is 0 Å². The van der Waals surface area contributed by atoms with Crippen molar-refractivity contribution in [3.63, 3.8) is 0 Å². The van der Waals surface area contributed by atoms with Crippen LogP contribution in [0.4, 0.5) is 0 Å². The average molecular weight is 1430 g/mol. The normalized spacial score (nSPS) is 18.7.